The Bertz CT molecular complexity index is 1020. The molecule has 3 aromatic rings. The normalized spacial score (nSPS) is 13.0. The van der Waals surface area contributed by atoms with E-state index in [1.54, 1.807) is 23.3 Å². The fourth-order valence-electron chi connectivity index (χ4n) is 3.31. The average molecular weight is 425 g/mol. The molecule has 2 aromatic carbocycles. The van der Waals surface area contributed by atoms with Crippen molar-refractivity contribution < 1.29 is 19.0 Å². The van der Waals surface area contributed by atoms with Crippen LogP contribution in [-0.2, 0) is 11.2 Å². The molecule has 0 saturated carbocycles. The molecule has 0 saturated heterocycles. The molecule has 1 aromatic heterocycles. The Kier molecular flexibility index (Phi) is 6.18. The van der Waals surface area contributed by atoms with E-state index in [2.05, 4.69) is 12.3 Å². The first kappa shape index (κ1) is 20.2. The standard InChI is InChI=1S/C23H24N2O4S/c1-3-4-22-24-19(15-30-22)16-5-10-21-20(13-16)25(23(26)14-29-21)11-12-28-18-8-6-17(27-2)7-9-18/h5-10,13,15H,3-4,11-12,14H2,1-2H3. The number of carbonyl (C=O) groups is 1. The highest BCUT2D eigenvalue weighted by Crippen LogP contribution is 2.36. The molecule has 0 aliphatic carbocycles. The molecular formula is C23H24N2O4S. The lowest BCUT2D eigenvalue weighted by atomic mass is 10.1. The topological polar surface area (TPSA) is 60.9 Å². The summed E-state index contributed by atoms with van der Waals surface area (Å²) >= 11 is 1.67. The molecule has 0 unspecified atom stereocenters. The van der Waals surface area contributed by atoms with Gasteiger partial charge in [-0.1, -0.05) is 6.92 Å². The van der Waals surface area contributed by atoms with Crippen LogP contribution >= 0.6 is 11.3 Å². The van der Waals surface area contributed by atoms with Gasteiger partial charge in [0, 0.05) is 10.9 Å². The lowest BCUT2D eigenvalue weighted by Gasteiger charge is -2.29. The summed E-state index contributed by atoms with van der Waals surface area (Å²) in [6.45, 7) is 2.99. The minimum Gasteiger partial charge on any atom is -0.497 e. The summed E-state index contributed by atoms with van der Waals surface area (Å²) < 4.78 is 16.6. The molecule has 156 valence electrons. The van der Waals surface area contributed by atoms with Gasteiger partial charge in [-0.25, -0.2) is 4.98 Å². The van der Waals surface area contributed by atoms with Crippen LogP contribution in [-0.4, -0.2) is 37.8 Å². The summed E-state index contributed by atoms with van der Waals surface area (Å²) in [7, 11) is 1.63. The van der Waals surface area contributed by atoms with E-state index in [0.717, 1.165) is 46.3 Å². The Morgan fingerprint density at radius 2 is 1.97 bits per heavy atom. The molecule has 0 spiro atoms. The quantitative estimate of drug-likeness (QED) is 0.530. The fourth-order valence-corrected chi connectivity index (χ4v) is 4.21. The van der Waals surface area contributed by atoms with E-state index >= 15 is 0 Å². The average Bonchev–Trinajstić information content (AvgIpc) is 3.24. The Hall–Kier alpha value is -3.06. The number of rotatable bonds is 8. The molecule has 2 heterocycles. The SMILES string of the molecule is CCCc1nc(-c2ccc3c(c2)N(CCOc2ccc(OC)cc2)C(=O)CO3)cs1. The second-order valence-electron chi connectivity index (χ2n) is 6.92. The maximum absolute atomic E-state index is 12.5. The number of ether oxygens (including phenoxy) is 3. The molecule has 7 heteroatoms. The minimum absolute atomic E-state index is 0.0340. The first-order valence-electron chi connectivity index (χ1n) is 9.96. The number of methoxy groups -OCH3 is 1. The van der Waals surface area contributed by atoms with Crippen molar-refractivity contribution >= 4 is 22.9 Å². The van der Waals surface area contributed by atoms with Crippen LogP contribution in [0, 0.1) is 0 Å². The lowest BCUT2D eigenvalue weighted by molar-refractivity contribution is -0.121. The van der Waals surface area contributed by atoms with E-state index in [4.69, 9.17) is 19.2 Å². The van der Waals surface area contributed by atoms with E-state index in [9.17, 15) is 4.79 Å². The van der Waals surface area contributed by atoms with Crippen LogP contribution < -0.4 is 19.1 Å². The zero-order chi connectivity index (χ0) is 20.9. The Balaban J connectivity index is 1.49. The number of carbonyl (C=O) groups excluding carboxylic acids is 1. The van der Waals surface area contributed by atoms with Gasteiger partial charge in [-0.05, 0) is 55.3 Å². The van der Waals surface area contributed by atoms with Crippen LogP contribution in [0.15, 0.2) is 47.8 Å². The van der Waals surface area contributed by atoms with Crippen molar-refractivity contribution in [1.82, 2.24) is 4.98 Å². The predicted molar refractivity (Wildman–Crippen MR) is 118 cm³/mol. The number of nitrogens with zero attached hydrogens (tertiary/aromatic N) is 2. The number of fused-ring (bicyclic) bond motifs is 1. The fraction of sp³-hybridized carbons (Fsp3) is 0.304. The predicted octanol–water partition coefficient (Wildman–Crippen LogP) is 4.58. The van der Waals surface area contributed by atoms with Gasteiger partial charge in [0.25, 0.3) is 5.91 Å². The number of anilines is 1. The first-order valence-corrected chi connectivity index (χ1v) is 10.8. The monoisotopic (exact) mass is 424 g/mol. The molecular weight excluding hydrogens is 400 g/mol. The maximum atomic E-state index is 12.5. The van der Waals surface area contributed by atoms with Crippen LogP contribution in [0.4, 0.5) is 5.69 Å². The summed E-state index contributed by atoms with van der Waals surface area (Å²) in [5, 5.41) is 3.19. The zero-order valence-corrected chi connectivity index (χ0v) is 17.9. The van der Waals surface area contributed by atoms with Crippen LogP contribution in [0.2, 0.25) is 0 Å². The van der Waals surface area contributed by atoms with Gasteiger partial charge in [0.2, 0.25) is 0 Å². The summed E-state index contributed by atoms with van der Waals surface area (Å²) in [6, 6.07) is 13.3. The minimum atomic E-state index is -0.0806. The van der Waals surface area contributed by atoms with E-state index in [-0.39, 0.29) is 12.5 Å². The van der Waals surface area contributed by atoms with Gasteiger partial charge in [-0.15, -0.1) is 11.3 Å². The first-order chi connectivity index (χ1) is 14.7. The van der Waals surface area contributed by atoms with Gasteiger partial charge in [-0.2, -0.15) is 0 Å². The van der Waals surface area contributed by atoms with Crippen LogP contribution in [0.3, 0.4) is 0 Å². The van der Waals surface area contributed by atoms with E-state index < -0.39 is 0 Å². The van der Waals surface area contributed by atoms with Gasteiger partial charge in [0.15, 0.2) is 6.61 Å². The van der Waals surface area contributed by atoms with Crippen LogP contribution in [0.5, 0.6) is 17.2 Å². The van der Waals surface area contributed by atoms with E-state index in [0.29, 0.717) is 18.9 Å². The number of hydrogen-bond acceptors (Lipinski definition) is 6. The summed E-state index contributed by atoms with van der Waals surface area (Å²) in [6.07, 6.45) is 2.05. The van der Waals surface area contributed by atoms with Crippen molar-refractivity contribution in [2.75, 3.05) is 31.8 Å². The van der Waals surface area contributed by atoms with Crippen molar-refractivity contribution in [1.29, 1.82) is 0 Å². The molecule has 0 atom stereocenters. The van der Waals surface area contributed by atoms with Gasteiger partial charge < -0.3 is 19.1 Å². The van der Waals surface area contributed by atoms with Gasteiger partial charge in [0.05, 0.1) is 30.0 Å². The Morgan fingerprint density at radius 1 is 1.17 bits per heavy atom. The summed E-state index contributed by atoms with van der Waals surface area (Å²) in [5.74, 6) is 2.13. The summed E-state index contributed by atoms with van der Waals surface area (Å²) in [5.41, 5.74) is 2.66. The van der Waals surface area contributed by atoms with Gasteiger partial charge in [-0.3, -0.25) is 4.79 Å². The largest absolute Gasteiger partial charge is 0.497 e. The zero-order valence-electron chi connectivity index (χ0n) is 17.1. The maximum Gasteiger partial charge on any atom is 0.265 e. The molecule has 1 amide bonds. The van der Waals surface area contributed by atoms with Crippen LogP contribution in [0.25, 0.3) is 11.3 Å². The second-order valence-corrected chi connectivity index (χ2v) is 7.86. The third-order valence-electron chi connectivity index (χ3n) is 4.86. The highest BCUT2D eigenvalue weighted by molar-refractivity contribution is 7.09. The lowest BCUT2D eigenvalue weighted by Crippen LogP contribution is -2.41. The molecule has 0 radical (unpaired) electrons. The molecule has 4 rings (SSSR count). The van der Waals surface area contributed by atoms with Crippen LogP contribution in [0.1, 0.15) is 18.4 Å². The number of amides is 1. The van der Waals surface area contributed by atoms with Crippen molar-refractivity contribution in [2.45, 2.75) is 19.8 Å². The molecule has 30 heavy (non-hydrogen) atoms. The number of thiazole rings is 1. The van der Waals surface area contributed by atoms with Gasteiger partial charge >= 0.3 is 0 Å². The molecule has 0 fully saturated rings. The molecule has 1 aliphatic rings. The number of aryl methyl sites for hydroxylation is 1. The highest BCUT2D eigenvalue weighted by Gasteiger charge is 2.26. The number of hydrogen-bond donors (Lipinski definition) is 0. The molecule has 0 N–H and O–H groups in total. The number of aromatic nitrogens is 1. The highest BCUT2D eigenvalue weighted by atomic mass is 32.1. The van der Waals surface area contributed by atoms with E-state index in [1.807, 2.05) is 42.5 Å². The van der Waals surface area contributed by atoms with Crippen molar-refractivity contribution in [2.24, 2.45) is 0 Å². The third-order valence-corrected chi connectivity index (χ3v) is 5.76. The van der Waals surface area contributed by atoms with E-state index in [1.165, 1.54) is 0 Å². The number of benzene rings is 2. The Labute approximate surface area is 180 Å². The second kappa shape index (κ2) is 9.17. The van der Waals surface area contributed by atoms with Gasteiger partial charge in [0.1, 0.15) is 23.9 Å². The molecule has 1 aliphatic heterocycles. The van der Waals surface area contributed by atoms with Crippen molar-refractivity contribution in [3.8, 4) is 28.5 Å². The van der Waals surface area contributed by atoms with Crippen molar-refractivity contribution in [3.05, 3.63) is 52.9 Å². The Morgan fingerprint density at radius 3 is 2.73 bits per heavy atom. The molecule has 0 bridgehead atoms. The summed E-state index contributed by atoms with van der Waals surface area (Å²) in [4.78, 5) is 19.0. The third kappa shape index (κ3) is 4.41. The molecule has 6 nitrogen and oxygen atoms in total. The smallest absolute Gasteiger partial charge is 0.265 e. The van der Waals surface area contributed by atoms with Crippen molar-refractivity contribution in [3.63, 3.8) is 0 Å².